The van der Waals surface area contributed by atoms with E-state index in [4.69, 9.17) is 16.3 Å². The fraction of sp³-hybridized carbons (Fsp3) is 0.400. The van der Waals surface area contributed by atoms with E-state index < -0.39 is 17.8 Å². The highest BCUT2D eigenvalue weighted by atomic mass is 35.5. The predicted octanol–water partition coefficient (Wildman–Crippen LogP) is 3.35. The Hall–Kier alpha value is -1.59. The van der Waals surface area contributed by atoms with Crippen LogP contribution in [0.2, 0.25) is 5.02 Å². The van der Waals surface area contributed by atoms with Crippen molar-refractivity contribution in [3.63, 3.8) is 0 Å². The summed E-state index contributed by atoms with van der Waals surface area (Å²) in [5.74, 6) is 0.237. The first-order valence-electron chi connectivity index (χ1n) is 8.57. The molecule has 4 rings (SSSR count). The summed E-state index contributed by atoms with van der Waals surface area (Å²) in [5, 5.41) is 30.4. The first-order valence-corrected chi connectivity index (χ1v) is 8.95. The number of phenolic OH excluding ortho intramolecular Hbond substituents is 1. The van der Waals surface area contributed by atoms with Gasteiger partial charge in [-0.05, 0) is 54.2 Å². The van der Waals surface area contributed by atoms with Crippen molar-refractivity contribution in [3.8, 4) is 5.75 Å². The smallest absolute Gasteiger partial charge is 0.115 e. The molecular formula is C20H21ClO4. The highest BCUT2D eigenvalue weighted by molar-refractivity contribution is 6.31. The summed E-state index contributed by atoms with van der Waals surface area (Å²) in [7, 11) is 0. The zero-order valence-electron chi connectivity index (χ0n) is 13.7. The Balaban J connectivity index is 1.58. The van der Waals surface area contributed by atoms with Gasteiger partial charge >= 0.3 is 0 Å². The van der Waals surface area contributed by atoms with Crippen molar-refractivity contribution in [3.05, 3.63) is 64.2 Å². The fourth-order valence-corrected chi connectivity index (χ4v) is 3.79. The third-order valence-electron chi connectivity index (χ3n) is 5.25. The van der Waals surface area contributed by atoms with Gasteiger partial charge in [0, 0.05) is 11.4 Å². The van der Waals surface area contributed by atoms with Crippen LogP contribution in [0.25, 0.3) is 0 Å². The highest BCUT2D eigenvalue weighted by Gasteiger charge is 2.57. The van der Waals surface area contributed by atoms with Gasteiger partial charge in [0.05, 0.1) is 17.8 Å². The van der Waals surface area contributed by atoms with Gasteiger partial charge in [-0.3, -0.25) is 0 Å². The zero-order chi connectivity index (χ0) is 17.6. The maximum Gasteiger partial charge on any atom is 0.115 e. The number of rotatable bonds is 3. The number of benzene rings is 2. The number of aliphatic hydroxyl groups excluding tert-OH is 2. The Labute approximate surface area is 151 Å². The van der Waals surface area contributed by atoms with E-state index in [0.717, 1.165) is 29.5 Å². The number of ether oxygens (including phenoxy) is 1. The van der Waals surface area contributed by atoms with E-state index in [1.54, 1.807) is 12.1 Å². The molecule has 0 aromatic heterocycles. The van der Waals surface area contributed by atoms with Crippen molar-refractivity contribution in [1.82, 2.24) is 0 Å². The zero-order valence-corrected chi connectivity index (χ0v) is 14.5. The molecule has 1 aliphatic heterocycles. The van der Waals surface area contributed by atoms with Crippen LogP contribution in [0.5, 0.6) is 5.75 Å². The molecule has 2 fully saturated rings. The van der Waals surface area contributed by atoms with Gasteiger partial charge in [0.15, 0.2) is 0 Å². The molecule has 4 nitrogen and oxygen atoms in total. The molecule has 0 bridgehead atoms. The Bertz CT molecular complexity index is 770. The van der Waals surface area contributed by atoms with Crippen LogP contribution in [-0.2, 0) is 11.2 Å². The van der Waals surface area contributed by atoms with Crippen molar-refractivity contribution < 1.29 is 20.1 Å². The normalized spacial score (nSPS) is 27.4. The summed E-state index contributed by atoms with van der Waals surface area (Å²) in [6.45, 7) is 0. The van der Waals surface area contributed by atoms with E-state index in [1.807, 2.05) is 30.3 Å². The summed E-state index contributed by atoms with van der Waals surface area (Å²) in [6, 6.07) is 12.8. The van der Waals surface area contributed by atoms with Gasteiger partial charge < -0.3 is 20.1 Å². The quantitative estimate of drug-likeness (QED) is 0.785. The first-order chi connectivity index (χ1) is 12.0. The molecule has 1 heterocycles. The molecule has 3 atom stereocenters. The molecule has 0 radical (unpaired) electrons. The summed E-state index contributed by atoms with van der Waals surface area (Å²) in [4.78, 5) is 0. The molecule has 1 saturated carbocycles. The van der Waals surface area contributed by atoms with Crippen LogP contribution in [0.4, 0.5) is 0 Å². The minimum absolute atomic E-state index is 0.237. The molecule has 1 saturated heterocycles. The molecule has 3 N–H and O–H groups in total. The van der Waals surface area contributed by atoms with Gasteiger partial charge in [-0.25, -0.2) is 0 Å². The van der Waals surface area contributed by atoms with Crippen LogP contribution in [0, 0.1) is 0 Å². The summed E-state index contributed by atoms with van der Waals surface area (Å²) in [6.07, 6.45) is 0.798. The van der Waals surface area contributed by atoms with Crippen molar-refractivity contribution in [2.24, 2.45) is 0 Å². The van der Waals surface area contributed by atoms with Gasteiger partial charge in [-0.15, -0.1) is 0 Å². The summed E-state index contributed by atoms with van der Waals surface area (Å²) >= 11 is 6.36. The third-order valence-corrected chi connectivity index (χ3v) is 5.62. The van der Waals surface area contributed by atoms with Gasteiger partial charge in [-0.2, -0.15) is 0 Å². The average Bonchev–Trinajstić information content (AvgIpc) is 3.37. The minimum Gasteiger partial charge on any atom is -0.508 e. The highest BCUT2D eigenvalue weighted by Crippen LogP contribution is 2.51. The van der Waals surface area contributed by atoms with Gasteiger partial charge in [0.2, 0.25) is 0 Å². The molecule has 5 heteroatoms. The van der Waals surface area contributed by atoms with Crippen LogP contribution >= 0.6 is 11.6 Å². The Kier molecular flexibility index (Phi) is 4.24. The van der Waals surface area contributed by atoms with E-state index in [-0.39, 0.29) is 11.9 Å². The van der Waals surface area contributed by atoms with E-state index in [1.165, 1.54) is 0 Å². The number of phenols is 1. The van der Waals surface area contributed by atoms with Crippen LogP contribution < -0.4 is 0 Å². The topological polar surface area (TPSA) is 69.9 Å². The Morgan fingerprint density at radius 1 is 1.08 bits per heavy atom. The van der Waals surface area contributed by atoms with E-state index in [0.29, 0.717) is 17.9 Å². The number of aliphatic hydroxyl groups is 2. The molecule has 0 amide bonds. The summed E-state index contributed by atoms with van der Waals surface area (Å²) in [5.41, 5.74) is 2.42. The van der Waals surface area contributed by atoms with Crippen LogP contribution in [0.1, 0.15) is 42.1 Å². The lowest BCUT2D eigenvalue weighted by molar-refractivity contribution is -0.185. The van der Waals surface area contributed by atoms with Crippen molar-refractivity contribution in [1.29, 1.82) is 0 Å². The molecule has 1 spiro atoms. The summed E-state index contributed by atoms with van der Waals surface area (Å²) < 4.78 is 6.13. The average molecular weight is 361 g/mol. The molecule has 2 aromatic rings. The standard InChI is InChI=1S/C20H21ClO4/c21-16-6-3-13(10-14(16)9-12-1-4-15(22)5-2-12)18-11-17(23)19(24)20(25-18)7-8-20/h1-6,10,17-19,22-24H,7-9,11H2. The predicted molar refractivity (Wildman–Crippen MR) is 94.8 cm³/mol. The van der Waals surface area contributed by atoms with Gasteiger partial charge in [0.1, 0.15) is 11.9 Å². The molecule has 2 aliphatic rings. The second-order valence-electron chi connectivity index (χ2n) is 7.11. The molecule has 132 valence electrons. The first kappa shape index (κ1) is 16.9. The van der Waals surface area contributed by atoms with Gasteiger partial charge in [0.25, 0.3) is 0 Å². The Morgan fingerprint density at radius 3 is 2.48 bits per heavy atom. The van der Waals surface area contributed by atoms with Crippen LogP contribution in [0.3, 0.4) is 0 Å². The number of hydrogen-bond donors (Lipinski definition) is 3. The molecule has 1 aliphatic carbocycles. The van der Waals surface area contributed by atoms with Crippen LogP contribution in [0.15, 0.2) is 42.5 Å². The molecule has 25 heavy (non-hydrogen) atoms. The maximum absolute atomic E-state index is 10.2. The molecular weight excluding hydrogens is 340 g/mol. The minimum atomic E-state index is -0.799. The Morgan fingerprint density at radius 2 is 1.80 bits per heavy atom. The number of halogens is 1. The molecule has 3 unspecified atom stereocenters. The lowest BCUT2D eigenvalue weighted by Gasteiger charge is -2.38. The lowest BCUT2D eigenvalue weighted by Crippen LogP contribution is -2.47. The SMILES string of the molecule is Oc1ccc(Cc2cc(C3CC(O)C(O)C4(CC4)O3)ccc2Cl)cc1. The van der Waals surface area contributed by atoms with E-state index in [2.05, 4.69) is 0 Å². The van der Waals surface area contributed by atoms with E-state index >= 15 is 0 Å². The monoisotopic (exact) mass is 360 g/mol. The second-order valence-corrected chi connectivity index (χ2v) is 7.52. The van der Waals surface area contributed by atoms with Crippen molar-refractivity contribution in [2.45, 2.75) is 49.6 Å². The van der Waals surface area contributed by atoms with Crippen LogP contribution in [-0.4, -0.2) is 33.1 Å². The second kappa shape index (κ2) is 6.29. The fourth-order valence-electron chi connectivity index (χ4n) is 3.61. The maximum atomic E-state index is 10.2. The molecule has 2 aromatic carbocycles. The largest absolute Gasteiger partial charge is 0.508 e. The van der Waals surface area contributed by atoms with Crippen molar-refractivity contribution >= 4 is 11.6 Å². The van der Waals surface area contributed by atoms with Crippen molar-refractivity contribution in [2.75, 3.05) is 0 Å². The third kappa shape index (κ3) is 3.27. The lowest BCUT2D eigenvalue weighted by atomic mass is 9.91. The number of aromatic hydroxyl groups is 1. The van der Waals surface area contributed by atoms with E-state index in [9.17, 15) is 15.3 Å². The number of hydrogen-bond acceptors (Lipinski definition) is 4. The van der Waals surface area contributed by atoms with Gasteiger partial charge in [-0.1, -0.05) is 35.9 Å².